The van der Waals surface area contributed by atoms with Crippen LogP contribution in [0.1, 0.15) is 38.1 Å². The number of aromatic nitrogens is 1. The van der Waals surface area contributed by atoms with Gasteiger partial charge < -0.3 is 10.6 Å². The number of anilines is 1. The monoisotopic (exact) mass is 506 g/mol. The maximum absolute atomic E-state index is 13.4. The highest BCUT2D eigenvalue weighted by Crippen LogP contribution is 2.27. The van der Waals surface area contributed by atoms with E-state index in [1.54, 1.807) is 27.7 Å². The Hall–Kier alpha value is -2.89. The Bertz CT molecular complexity index is 1300. The van der Waals surface area contributed by atoms with Crippen molar-refractivity contribution in [3.8, 4) is 0 Å². The van der Waals surface area contributed by atoms with Crippen molar-refractivity contribution in [3.63, 3.8) is 0 Å². The minimum atomic E-state index is -3.73. The molecular weight excluding hydrogens is 479 g/mol. The summed E-state index contributed by atoms with van der Waals surface area (Å²) in [6.07, 6.45) is 0. The molecule has 0 aliphatic heterocycles. The molecule has 3 aromatic rings. The molecule has 0 unspecified atom stereocenters. The Morgan fingerprint density at radius 1 is 1.12 bits per heavy atom. The van der Waals surface area contributed by atoms with Crippen molar-refractivity contribution in [3.05, 3.63) is 53.8 Å². The number of nitrogens with zero attached hydrogens (tertiary/aromatic N) is 2. The number of hydrogen-bond acceptors (Lipinski definition) is 6. The standard InChI is InChI=1S/C23H27FN4O4S2/c1-5-28(6-2)34(31,32)17-9-7-8-15(12-17)21(29)26-20(14(3)4)22(30)27-23-25-18-11-10-16(24)13-19(18)33-23/h7-14,20H,5-6H2,1-4H3,(H,26,29)(H,25,27,30)/t20-/m1/s1. The molecule has 2 N–H and O–H groups in total. The van der Waals surface area contributed by atoms with Crippen molar-refractivity contribution < 1.29 is 22.4 Å². The van der Waals surface area contributed by atoms with Gasteiger partial charge in [0, 0.05) is 18.7 Å². The maximum Gasteiger partial charge on any atom is 0.251 e. The lowest BCUT2D eigenvalue weighted by molar-refractivity contribution is -0.118. The zero-order valence-corrected chi connectivity index (χ0v) is 21.0. The molecular formula is C23H27FN4O4S2. The van der Waals surface area contributed by atoms with E-state index in [4.69, 9.17) is 0 Å². The van der Waals surface area contributed by atoms with Crippen LogP contribution in [0.2, 0.25) is 0 Å². The molecule has 2 aromatic carbocycles. The number of halogens is 1. The van der Waals surface area contributed by atoms with Crippen LogP contribution < -0.4 is 10.6 Å². The zero-order valence-electron chi connectivity index (χ0n) is 19.3. The van der Waals surface area contributed by atoms with Gasteiger partial charge in [0.05, 0.1) is 15.1 Å². The summed E-state index contributed by atoms with van der Waals surface area (Å²) < 4.78 is 40.9. The second kappa shape index (κ2) is 10.6. The molecule has 0 fully saturated rings. The zero-order chi connectivity index (χ0) is 25.0. The van der Waals surface area contributed by atoms with Gasteiger partial charge in [0.2, 0.25) is 15.9 Å². The number of carbonyl (C=O) groups is 2. The summed E-state index contributed by atoms with van der Waals surface area (Å²) in [5, 5.41) is 5.66. The molecule has 0 bridgehead atoms. The van der Waals surface area contributed by atoms with Gasteiger partial charge in [0.15, 0.2) is 5.13 Å². The van der Waals surface area contributed by atoms with E-state index in [1.807, 2.05) is 0 Å². The number of sulfonamides is 1. The molecule has 2 amide bonds. The molecule has 34 heavy (non-hydrogen) atoms. The van der Waals surface area contributed by atoms with Gasteiger partial charge in [-0.15, -0.1) is 0 Å². The summed E-state index contributed by atoms with van der Waals surface area (Å²) in [6, 6.07) is 8.98. The normalized spacial score (nSPS) is 12.8. The van der Waals surface area contributed by atoms with E-state index in [2.05, 4.69) is 15.6 Å². The minimum absolute atomic E-state index is 0.0103. The van der Waals surface area contributed by atoms with Crippen LogP contribution in [0.15, 0.2) is 47.4 Å². The summed E-state index contributed by atoms with van der Waals surface area (Å²) in [7, 11) is -3.73. The molecule has 182 valence electrons. The highest BCUT2D eigenvalue weighted by Gasteiger charge is 2.27. The molecule has 0 saturated heterocycles. The van der Waals surface area contributed by atoms with Crippen LogP contribution in [0.3, 0.4) is 0 Å². The minimum Gasteiger partial charge on any atom is -0.340 e. The van der Waals surface area contributed by atoms with Crippen molar-refractivity contribution >= 4 is 48.5 Å². The number of hydrogen-bond donors (Lipinski definition) is 2. The molecule has 8 nitrogen and oxygen atoms in total. The molecule has 3 rings (SSSR count). The molecule has 0 radical (unpaired) electrons. The van der Waals surface area contributed by atoms with Crippen molar-refractivity contribution in [2.75, 3.05) is 18.4 Å². The fourth-order valence-corrected chi connectivity index (χ4v) is 5.80. The van der Waals surface area contributed by atoms with E-state index >= 15 is 0 Å². The number of carbonyl (C=O) groups excluding carboxylic acids is 2. The molecule has 1 aromatic heterocycles. The Balaban J connectivity index is 1.78. The largest absolute Gasteiger partial charge is 0.340 e. The number of nitrogens with one attached hydrogen (secondary N) is 2. The maximum atomic E-state index is 13.4. The lowest BCUT2D eigenvalue weighted by Crippen LogP contribution is -2.47. The van der Waals surface area contributed by atoms with Gasteiger partial charge in [-0.05, 0) is 42.3 Å². The Morgan fingerprint density at radius 3 is 2.47 bits per heavy atom. The Morgan fingerprint density at radius 2 is 1.82 bits per heavy atom. The third-order valence-corrected chi connectivity index (χ3v) is 8.24. The third kappa shape index (κ3) is 5.60. The van der Waals surface area contributed by atoms with Gasteiger partial charge in [-0.3, -0.25) is 9.59 Å². The average molecular weight is 507 g/mol. The van der Waals surface area contributed by atoms with E-state index in [9.17, 15) is 22.4 Å². The van der Waals surface area contributed by atoms with Crippen LogP contribution in [0.5, 0.6) is 0 Å². The summed E-state index contributed by atoms with van der Waals surface area (Å²) in [5.41, 5.74) is 0.681. The van der Waals surface area contributed by atoms with Crippen LogP contribution in [-0.4, -0.2) is 48.7 Å². The van der Waals surface area contributed by atoms with Crippen LogP contribution in [0.25, 0.3) is 10.2 Å². The summed E-state index contributed by atoms with van der Waals surface area (Å²) in [6.45, 7) is 7.66. The van der Waals surface area contributed by atoms with Gasteiger partial charge in [-0.25, -0.2) is 17.8 Å². The molecule has 11 heteroatoms. The highest BCUT2D eigenvalue weighted by atomic mass is 32.2. The van der Waals surface area contributed by atoms with Crippen LogP contribution in [0, 0.1) is 11.7 Å². The van der Waals surface area contributed by atoms with Crippen molar-refractivity contribution in [2.24, 2.45) is 5.92 Å². The third-order valence-electron chi connectivity index (χ3n) is 5.26. The van der Waals surface area contributed by atoms with E-state index in [0.717, 1.165) is 11.3 Å². The molecule has 0 aliphatic carbocycles. The van der Waals surface area contributed by atoms with Crippen LogP contribution in [-0.2, 0) is 14.8 Å². The summed E-state index contributed by atoms with van der Waals surface area (Å²) in [5.74, 6) is -1.71. The highest BCUT2D eigenvalue weighted by molar-refractivity contribution is 7.89. The smallest absolute Gasteiger partial charge is 0.251 e. The molecule has 1 heterocycles. The van der Waals surface area contributed by atoms with E-state index in [-0.39, 0.29) is 21.5 Å². The predicted molar refractivity (Wildman–Crippen MR) is 131 cm³/mol. The summed E-state index contributed by atoms with van der Waals surface area (Å²) >= 11 is 1.13. The fraction of sp³-hybridized carbons (Fsp3) is 0.348. The lowest BCUT2D eigenvalue weighted by atomic mass is 10.0. The number of rotatable bonds is 9. The quantitative estimate of drug-likeness (QED) is 0.458. The number of amides is 2. The second-order valence-corrected chi connectivity index (χ2v) is 10.9. The van der Waals surface area contributed by atoms with Gasteiger partial charge in [-0.2, -0.15) is 4.31 Å². The first kappa shape index (κ1) is 25.7. The van der Waals surface area contributed by atoms with E-state index in [1.165, 1.54) is 46.8 Å². The Labute approximate surface area is 202 Å². The SMILES string of the molecule is CCN(CC)S(=O)(=O)c1cccc(C(=O)N[C@@H](C(=O)Nc2nc3ccc(F)cc3s2)C(C)C)c1. The molecule has 0 aliphatic rings. The van der Waals surface area contributed by atoms with Crippen LogP contribution >= 0.6 is 11.3 Å². The molecule has 0 saturated carbocycles. The Kier molecular flexibility index (Phi) is 8.01. The number of thiazole rings is 1. The molecule has 1 atom stereocenters. The number of fused-ring (bicyclic) bond motifs is 1. The van der Waals surface area contributed by atoms with Crippen molar-refractivity contribution in [2.45, 2.75) is 38.6 Å². The van der Waals surface area contributed by atoms with Crippen molar-refractivity contribution in [1.82, 2.24) is 14.6 Å². The van der Waals surface area contributed by atoms with E-state index < -0.39 is 33.7 Å². The second-order valence-electron chi connectivity index (χ2n) is 7.93. The average Bonchev–Trinajstić information content (AvgIpc) is 3.18. The van der Waals surface area contributed by atoms with Crippen LogP contribution in [0.4, 0.5) is 9.52 Å². The van der Waals surface area contributed by atoms with Gasteiger partial charge in [-0.1, -0.05) is 45.1 Å². The van der Waals surface area contributed by atoms with Gasteiger partial charge in [0.1, 0.15) is 11.9 Å². The van der Waals surface area contributed by atoms with E-state index in [0.29, 0.717) is 23.3 Å². The fourth-order valence-electron chi connectivity index (χ4n) is 3.40. The first-order valence-electron chi connectivity index (χ1n) is 10.8. The van der Waals surface area contributed by atoms with Crippen molar-refractivity contribution in [1.29, 1.82) is 0 Å². The number of benzene rings is 2. The summed E-state index contributed by atoms with van der Waals surface area (Å²) in [4.78, 5) is 30.1. The van der Waals surface area contributed by atoms with Gasteiger partial charge >= 0.3 is 0 Å². The first-order chi connectivity index (χ1) is 16.1. The first-order valence-corrected chi connectivity index (χ1v) is 13.1. The lowest BCUT2D eigenvalue weighted by Gasteiger charge is -2.22. The van der Waals surface area contributed by atoms with Gasteiger partial charge in [0.25, 0.3) is 5.91 Å². The topological polar surface area (TPSA) is 108 Å². The molecule has 0 spiro atoms. The predicted octanol–water partition coefficient (Wildman–Crippen LogP) is 3.86.